The maximum Gasteiger partial charge on any atom is 0.332 e. The summed E-state index contributed by atoms with van der Waals surface area (Å²) in [5.41, 5.74) is 5.65. The van der Waals surface area contributed by atoms with Gasteiger partial charge in [-0.05, 0) is 18.4 Å². The summed E-state index contributed by atoms with van der Waals surface area (Å²) in [5, 5.41) is 1.93. The normalized spacial score (nSPS) is 11.9. The van der Waals surface area contributed by atoms with E-state index in [1.165, 1.54) is 4.90 Å². The molecule has 20 heavy (non-hydrogen) atoms. The number of hydrogen-bond acceptors (Lipinski definition) is 6. The van der Waals surface area contributed by atoms with E-state index in [1.54, 1.807) is 25.4 Å². The quantitative estimate of drug-likeness (QED) is 0.562. The van der Waals surface area contributed by atoms with Crippen molar-refractivity contribution in [3.63, 3.8) is 0 Å². The minimum Gasteiger partial charge on any atom is -0.464 e. The average molecular weight is 300 g/mol. The van der Waals surface area contributed by atoms with Crippen molar-refractivity contribution in [2.45, 2.75) is 19.5 Å². The van der Waals surface area contributed by atoms with Crippen LogP contribution in [0.5, 0.6) is 0 Å². The molecule has 1 atom stereocenters. The van der Waals surface area contributed by atoms with E-state index in [1.807, 2.05) is 17.5 Å². The Morgan fingerprint density at radius 2 is 2.25 bits per heavy atom. The standard InChI is InChI=1S/C13H20N2O4S/c1-3-19-13(17)11(14)12(16)15(6-7-18-2)9-10-5-4-8-20-10/h4-5,8,11H,3,6-7,9,14H2,1-2H3. The molecule has 2 N–H and O–H groups in total. The Morgan fingerprint density at radius 1 is 1.50 bits per heavy atom. The monoisotopic (exact) mass is 300 g/mol. The van der Waals surface area contributed by atoms with Crippen molar-refractivity contribution in [2.24, 2.45) is 5.73 Å². The van der Waals surface area contributed by atoms with Crippen LogP contribution in [0.4, 0.5) is 0 Å². The zero-order chi connectivity index (χ0) is 15.0. The fourth-order valence-corrected chi connectivity index (χ4v) is 2.31. The van der Waals surface area contributed by atoms with Gasteiger partial charge in [-0.2, -0.15) is 0 Å². The predicted molar refractivity (Wildman–Crippen MR) is 76.2 cm³/mol. The topological polar surface area (TPSA) is 81.9 Å². The third-order valence-corrected chi connectivity index (χ3v) is 3.47. The molecular weight excluding hydrogens is 280 g/mol. The molecule has 112 valence electrons. The molecule has 0 aliphatic heterocycles. The number of nitrogens with two attached hydrogens (primary N) is 1. The van der Waals surface area contributed by atoms with Crippen molar-refractivity contribution in [3.05, 3.63) is 22.4 Å². The first-order valence-electron chi connectivity index (χ1n) is 6.32. The van der Waals surface area contributed by atoms with Gasteiger partial charge in [0.15, 0.2) is 6.04 Å². The molecule has 1 heterocycles. The van der Waals surface area contributed by atoms with Gasteiger partial charge in [-0.25, -0.2) is 4.79 Å². The molecule has 0 aliphatic carbocycles. The molecule has 0 radical (unpaired) electrons. The van der Waals surface area contributed by atoms with Crippen molar-refractivity contribution in [1.29, 1.82) is 0 Å². The first-order valence-corrected chi connectivity index (χ1v) is 7.20. The maximum atomic E-state index is 12.2. The van der Waals surface area contributed by atoms with Gasteiger partial charge >= 0.3 is 5.97 Å². The first kappa shape index (κ1) is 16.6. The molecule has 7 heteroatoms. The molecule has 1 amide bonds. The zero-order valence-electron chi connectivity index (χ0n) is 11.7. The molecule has 0 saturated heterocycles. The summed E-state index contributed by atoms with van der Waals surface area (Å²) >= 11 is 1.54. The van der Waals surface area contributed by atoms with E-state index in [9.17, 15) is 9.59 Å². The lowest BCUT2D eigenvalue weighted by Crippen LogP contribution is -2.49. The predicted octanol–water partition coefficient (Wildman–Crippen LogP) is 0.614. The molecule has 1 unspecified atom stereocenters. The van der Waals surface area contributed by atoms with E-state index in [2.05, 4.69) is 0 Å². The molecule has 0 fully saturated rings. The Hall–Kier alpha value is -1.44. The van der Waals surface area contributed by atoms with Crippen LogP contribution in [0.3, 0.4) is 0 Å². The molecule has 6 nitrogen and oxygen atoms in total. The van der Waals surface area contributed by atoms with Gasteiger partial charge < -0.3 is 20.1 Å². The van der Waals surface area contributed by atoms with E-state index >= 15 is 0 Å². The number of esters is 1. The van der Waals surface area contributed by atoms with Gasteiger partial charge in [0.2, 0.25) is 0 Å². The van der Waals surface area contributed by atoms with Crippen LogP contribution in [0, 0.1) is 0 Å². The lowest BCUT2D eigenvalue weighted by molar-refractivity contribution is -0.151. The van der Waals surface area contributed by atoms with Crippen LogP contribution in [-0.2, 0) is 25.6 Å². The molecule has 0 aromatic carbocycles. The van der Waals surface area contributed by atoms with E-state index in [0.29, 0.717) is 19.7 Å². The second-order valence-corrected chi connectivity index (χ2v) is 5.09. The van der Waals surface area contributed by atoms with Gasteiger partial charge in [-0.1, -0.05) is 6.07 Å². The Bertz CT molecular complexity index is 422. The number of methoxy groups -OCH3 is 1. The van der Waals surface area contributed by atoms with Crippen molar-refractivity contribution in [3.8, 4) is 0 Å². The number of hydrogen-bond donors (Lipinski definition) is 1. The highest BCUT2D eigenvalue weighted by molar-refractivity contribution is 7.09. The van der Waals surface area contributed by atoms with Crippen LogP contribution in [0.1, 0.15) is 11.8 Å². The molecule has 0 bridgehead atoms. The molecule has 0 spiro atoms. The zero-order valence-corrected chi connectivity index (χ0v) is 12.5. The van der Waals surface area contributed by atoms with E-state index in [-0.39, 0.29) is 6.61 Å². The number of carbonyl (C=O) groups excluding carboxylic acids is 2. The van der Waals surface area contributed by atoms with Crippen LogP contribution in [0.15, 0.2) is 17.5 Å². The Balaban J connectivity index is 2.70. The molecule has 1 aromatic rings. The van der Waals surface area contributed by atoms with E-state index < -0.39 is 17.9 Å². The van der Waals surface area contributed by atoms with Crippen LogP contribution < -0.4 is 5.73 Å². The third-order valence-electron chi connectivity index (χ3n) is 2.61. The van der Waals surface area contributed by atoms with Crippen LogP contribution in [0.25, 0.3) is 0 Å². The maximum absolute atomic E-state index is 12.2. The molecule has 0 aliphatic rings. The van der Waals surface area contributed by atoms with E-state index in [4.69, 9.17) is 15.2 Å². The minimum absolute atomic E-state index is 0.197. The summed E-state index contributed by atoms with van der Waals surface area (Å²) in [6.45, 7) is 3.03. The fourth-order valence-electron chi connectivity index (χ4n) is 1.59. The lowest BCUT2D eigenvalue weighted by atomic mass is 10.2. The third kappa shape index (κ3) is 4.92. The van der Waals surface area contributed by atoms with Crippen LogP contribution in [0.2, 0.25) is 0 Å². The number of ether oxygens (including phenoxy) is 2. The summed E-state index contributed by atoms with van der Waals surface area (Å²) in [6.07, 6.45) is 0. The van der Waals surface area contributed by atoms with E-state index in [0.717, 1.165) is 4.88 Å². The largest absolute Gasteiger partial charge is 0.464 e. The van der Waals surface area contributed by atoms with Gasteiger partial charge in [0.25, 0.3) is 5.91 Å². The summed E-state index contributed by atoms with van der Waals surface area (Å²) < 4.78 is 9.76. The Kier molecular flexibility index (Phi) is 7.21. The van der Waals surface area contributed by atoms with Crippen molar-refractivity contribution in [1.82, 2.24) is 4.90 Å². The van der Waals surface area contributed by atoms with Gasteiger partial charge in [-0.15, -0.1) is 11.3 Å². The van der Waals surface area contributed by atoms with Crippen molar-refractivity contribution >= 4 is 23.2 Å². The number of rotatable bonds is 8. The summed E-state index contributed by atoms with van der Waals surface area (Å²) in [4.78, 5) is 26.3. The summed E-state index contributed by atoms with van der Waals surface area (Å²) in [6, 6.07) is 2.55. The number of nitrogens with zero attached hydrogens (tertiary/aromatic N) is 1. The molecular formula is C13H20N2O4S. The summed E-state index contributed by atoms with van der Waals surface area (Å²) in [5.74, 6) is -1.15. The Morgan fingerprint density at radius 3 is 2.80 bits per heavy atom. The lowest BCUT2D eigenvalue weighted by Gasteiger charge is -2.24. The van der Waals surface area contributed by atoms with Gasteiger partial charge in [0.1, 0.15) is 0 Å². The first-order chi connectivity index (χ1) is 9.60. The highest BCUT2D eigenvalue weighted by atomic mass is 32.1. The smallest absolute Gasteiger partial charge is 0.332 e. The minimum atomic E-state index is -1.29. The highest BCUT2D eigenvalue weighted by Crippen LogP contribution is 2.12. The number of carbonyl (C=O) groups is 2. The van der Waals surface area contributed by atoms with Crippen LogP contribution >= 0.6 is 11.3 Å². The number of thiophene rings is 1. The van der Waals surface area contributed by atoms with Crippen molar-refractivity contribution < 1.29 is 19.1 Å². The SMILES string of the molecule is CCOC(=O)C(N)C(=O)N(CCOC)Cc1cccs1. The molecule has 1 rings (SSSR count). The van der Waals surface area contributed by atoms with Gasteiger partial charge in [0, 0.05) is 18.5 Å². The number of amides is 1. The second-order valence-electron chi connectivity index (χ2n) is 4.06. The highest BCUT2D eigenvalue weighted by Gasteiger charge is 2.28. The molecule has 1 aromatic heterocycles. The summed E-state index contributed by atoms with van der Waals surface area (Å²) in [7, 11) is 1.55. The molecule has 0 saturated carbocycles. The Labute approximate surface area is 122 Å². The van der Waals surface area contributed by atoms with Gasteiger partial charge in [-0.3, -0.25) is 4.79 Å². The second kappa shape index (κ2) is 8.68. The van der Waals surface area contributed by atoms with Gasteiger partial charge in [0.05, 0.1) is 19.8 Å². The average Bonchev–Trinajstić information content (AvgIpc) is 2.95. The van der Waals surface area contributed by atoms with Crippen LogP contribution in [-0.4, -0.2) is 49.7 Å². The van der Waals surface area contributed by atoms with Crippen molar-refractivity contribution in [2.75, 3.05) is 26.9 Å². The fraction of sp³-hybridized carbons (Fsp3) is 0.538.